The van der Waals surface area contributed by atoms with Crippen LogP contribution in [0.5, 0.6) is 0 Å². The van der Waals surface area contributed by atoms with Gasteiger partial charge in [-0.3, -0.25) is 4.90 Å². The molecule has 2 nitrogen and oxygen atoms in total. The minimum absolute atomic E-state index is 0.368. The van der Waals surface area contributed by atoms with Crippen molar-refractivity contribution in [1.29, 1.82) is 0 Å². The summed E-state index contributed by atoms with van der Waals surface area (Å²) in [6.45, 7) is 1.72. The normalized spacial score (nSPS) is 25.1. The largest absolute Gasteiger partial charge is 0.372 e. The summed E-state index contributed by atoms with van der Waals surface area (Å²) in [5.74, 6) is 0. The zero-order chi connectivity index (χ0) is 15.6. The van der Waals surface area contributed by atoms with Gasteiger partial charge in [-0.25, -0.2) is 0 Å². The molecule has 0 radical (unpaired) electrons. The van der Waals surface area contributed by atoms with Crippen LogP contribution >= 0.6 is 0 Å². The second-order valence-electron chi connectivity index (χ2n) is 6.93. The van der Waals surface area contributed by atoms with Crippen LogP contribution in [0.1, 0.15) is 36.8 Å². The zero-order valence-corrected chi connectivity index (χ0v) is 13.9. The van der Waals surface area contributed by atoms with Crippen LogP contribution < -0.4 is 0 Å². The van der Waals surface area contributed by atoms with Gasteiger partial charge in [0.1, 0.15) is 0 Å². The summed E-state index contributed by atoms with van der Waals surface area (Å²) in [7, 11) is 2.26. The molecule has 1 aliphatic carbocycles. The van der Waals surface area contributed by atoms with Crippen LogP contribution in [0, 0.1) is 0 Å². The van der Waals surface area contributed by atoms with E-state index >= 15 is 0 Å². The van der Waals surface area contributed by atoms with Crippen LogP contribution in [-0.2, 0) is 17.9 Å². The van der Waals surface area contributed by atoms with Gasteiger partial charge in [0.25, 0.3) is 0 Å². The number of benzene rings is 2. The van der Waals surface area contributed by atoms with Crippen LogP contribution in [0.2, 0.25) is 0 Å². The third-order valence-corrected chi connectivity index (χ3v) is 5.43. The van der Waals surface area contributed by atoms with E-state index in [2.05, 4.69) is 60.5 Å². The number of hydrogen-bond acceptors (Lipinski definition) is 2. The second-order valence-corrected chi connectivity index (χ2v) is 6.93. The Labute approximate surface area is 139 Å². The monoisotopic (exact) mass is 307 g/mol. The van der Waals surface area contributed by atoms with E-state index in [1.165, 1.54) is 47.9 Å². The van der Waals surface area contributed by atoms with Crippen LogP contribution in [0.25, 0.3) is 11.1 Å². The van der Waals surface area contributed by atoms with E-state index in [0.717, 1.165) is 13.2 Å². The Morgan fingerprint density at radius 1 is 0.870 bits per heavy atom. The minimum Gasteiger partial charge on any atom is -0.372 e. The van der Waals surface area contributed by atoms with Gasteiger partial charge in [0.15, 0.2) is 0 Å². The van der Waals surface area contributed by atoms with Crippen molar-refractivity contribution in [3.63, 3.8) is 0 Å². The highest BCUT2D eigenvalue weighted by molar-refractivity contribution is 5.70. The van der Waals surface area contributed by atoms with Gasteiger partial charge in [0.2, 0.25) is 0 Å². The van der Waals surface area contributed by atoms with Crippen molar-refractivity contribution in [2.24, 2.45) is 0 Å². The predicted molar refractivity (Wildman–Crippen MR) is 94.2 cm³/mol. The SMILES string of the molecule is CN1Cc2ccccc2-c2ccccc2CO[C@@H]2CCCC[C@H]21. The summed E-state index contributed by atoms with van der Waals surface area (Å²) in [6.07, 6.45) is 5.44. The van der Waals surface area contributed by atoms with Crippen molar-refractivity contribution in [2.75, 3.05) is 7.05 Å². The minimum atomic E-state index is 0.368. The van der Waals surface area contributed by atoms with E-state index in [0.29, 0.717) is 12.1 Å². The summed E-state index contributed by atoms with van der Waals surface area (Å²) in [5, 5.41) is 0. The lowest BCUT2D eigenvalue weighted by Gasteiger charge is -2.39. The average molecular weight is 307 g/mol. The quantitative estimate of drug-likeness (QED) is 0.704. The molecule has 1 heterocycles. The second kappa shape index (κ2) is 6.46. The van der Waals surface area contributed by atoms with Gasteiger partial charge in [-0.2, -0.15) is 0 Å². The smallest absolute Gasteiger partial charge is 0.0734 e. The van der Waals surface area contributed by atoms with Gasteiger partial charge < -0.3 is 4.74 Å². The molecule has 1 saturated carbocycles. The number of hydrogen-bond donors (Lipinski definition) is 0. The van der Waals surface area contributed by atoms with E-state index in [1.54, 1.807) is 0 Å². The Hall–Kier alpha value is -1.64. The summed E-state index contributed by atoms with van der Waals surface area (Å²) in [4.78, 5) is 2.51. The molecule has 0 saturated heterocycles. The zero-order valence-electron chi connectivity index (χ0n) is 13.9. The molecular formula is C21H25NO. The van der Waals surface area contributed by atoms with Crippen molar-refractivity contribution >= 4 is 0 Å². The average Bonchev–Trinajstić information content (AvgIpc) is 2.61. The van der Waals surface area contributed by atoms with Crippen molar-refractivity contribution < 1.29 is 4.74 Å². The van der Waals surface area contributed by atoms with Crippen molar-refractivity contribution in [3.05, 3.63) is 59.7 Å². The Kier molecular flexibility index (Phi) is 4.19. The van der Waals surface area contributed by atoms with Gasteiger partial charge >= 0.3 is 0 Å². The van der Waals surface area contributed by atoms with Crippen molar-refractivity contribution in [3.8, 4) is 11.1 Å². The maximum atomic E-state index is 6.39. The molecule has 23 heavy (non-hydrogen) atoms. The van der Waals surface area contributed by atoms with Gasteiger partial charge in [-0.1, -0.05) is 61.4 Å². The van der Waals surface area contributed by atoms with Gasteiger partial charge in [-0.15, -0.1) is 0 Å². The third kappa shape index (κ3) is 2.93. The summed E-state index contributed by atoms with van der Waals surface area (Å²) in [6, 6.07) is 18.1. The van der Waals surface area contributed by atoms with Gasteiger partial charge in [0.05, 0.1) is 12.7 Å². The van der Waals surface area contributed by atoms with Crippen LogP contribution in [0.3, 0.4) is 0 Å². The van der Waals surface area contributed by atoms with Crippen molar-refractivity contribution in [1.82, 2.24) is 4.90 Å². The Bertz CT molecular complexity index is 681. The lowest BCUT2D eigenvalue weighted by molar-refractivity contribution is -0.0405. The molecule has 0 spiro atoms. The highest BCUT2D eigenvalue weighted by Gasteiger charge is 2.30. The van der Waals surface area contributed by atoms with Gasteiger partial charge in [-0.05, 0) is 42.1 Å². The fraction of sp³-hybridized carbons (Fsp3) is 0.429. The molecule has 0 bridgehead atoms. The molecule has 2 atom stereocenters. The molecule has 2 aromatic carbocycles. The molecule has 0 N–H and O–H groups in total. The molecule has 1 aliphatic heterocycles. The fourth-order valence-corrected chi connectivity index (χ4v) is 4.19. The molecule has 120 valence electrons. The lowest BCUT2D eigenvalue weighted by atomic mass is 9.89. The number of ether oxygens (including phenoxy) is 1. The first kappa shape index (κ1) is 14.9. The number of likely N-dealkylation sites (N-methyl/N-ethyl adjacent to an activating group) is 1. The van der Waals surface area contributed by atoms with E-state index in [9.17, 15) is 0 Å². The van der Waals surface area contributed by atoms with E-state index < -0.39 is 0 Å². The first-order valence-electron chi connectivity index (χ1n) is 8.81. The molecular weight excluding hydrogens is 282 g/mol. The number of fused-ring (bicyclic) bond motifs is 4. The first-order valence-corrected chi connectivity index (χ1v) is 8.81. The Morgan fingerprint density at radius 2 is 1.52 bits per heavy atom. The molecule has 0 amide bonds. The summed E-state index contributed by atoms with van der Waals surface area (Å²) in [5.41, 5.74) is 5.42. The molecule has 2 heteroatoms. The highest BCUT2D eigenvalue weighted by atomic mass is 16.5. The first-order chi connectivity index (χ1) is 11.3. The predicted octanol–water partition coefficient (Wildman–Crippen LogP) is 4.63. The van der Waals surface area contributed by atoms with E-state index in [-0.39, 0.29) is 0 Å². The van der Waals surface area contributed by atoms with E-state index in [4.69, 9.17) is 4.74 Å². The number of rotatable bonds is 0. The summed E-state index contributed by atoms with van der Waals surface area (Å²) >= 11 is 0. The molecule has 2 aromatic rings. The Morgan fingerprint density at radius 3 is 2.35 bits per heavy atom. The molecule has 2 aliphatic rings. The fourth-order valence-electron chi connectivity index (χ4n) is 4.19. The molecule has 1 fully saturated rings. The summed E-state index contributed by atoms with van der Waals surface area (Å²) < 4.78 is 6.39. The maximum absolute atomic E-state index is 6.39. The Balaban J connectivity index is 1.79. The third-order valence-electron chi connectivity index (χ3n) is 5.43. The van der Waals surface area contributed by atoms with Crippen LogP contribution in [0.15, 0.2) is 48.5 Å². The van der Waals surface area contributed by atoms with Gasteiger partial charge in [0, 0.05) is 12.6 Å². The molecule has 0 unspecified atom stereocenters. The highest BCUT2D eigenvalue weighted by Crippen LogP contribution is 2.33. The van der Waals surface area contributed by atoms with Crippen LogP contribution in [0.4, 0.5) is 0 Å². The van der Waals surface area contributed by atoms with Crippen molar-refractivity contribution in [2.45, 2.75) is 51.0 Å². The van der Waals surface area contributed by atoms with Crippen LogP contribution in [-0.4, -0.2) is 24.1 Å². The standard InChI is InChI=1S/C21H25NO/c1-22-14-16-8-2-4-10-18(16)19-11-5-3-9-17(19)15-23-21-13-7-6-12-20(21)22/h2-5,8-11,20-21H,6-7,12-15H2,1H3/t20-,21-/m1/s1. The van der Waals surface area contributed by atoms with E-state index in [1.807, 2.05) is 0 Å². The maximum Gasteiger partial charge on any atom is 0.0734 e. The number of nitrogens with zero attached hydrogens (tertiary/aromatic N) is 1. The molecule has 0 aromatic heterocycles. The lowest BCUT2D eigenvalue weighted by Crippen LogP contribution is -2.44. The molecule has 4 rings (SSSR count). The topological polar surface area (TPSA) is 12.5 Å².